The first-order chi connectivity index (χ1) is 8.82. The number of amides is 1. The molecule has 19 heavy (non-hydrogen) atoms. The summed E-state index contributed by atoms with van der Waals surface area (Å²) in [4.78, 5) is 22.7. The molecule has 1 unspecified atom stereocenters. The summed E-state index contributed by atoms with van der Waals surface area (Å²) < 4.78 is 5.52. The zero-order valence-electron chi connectivity index (χ0n) is 11.6. The number of ether oxygens (including phenoxy) is 1. The second kappa shape index (κ2) is 6.22. The molecule has 1 aromatic carbocycles. The molecule has 0 heterocycles. The van der Waals surface area contributed by atoms with Crippen LogP contribution in [-0.4, -0.2) is 29.1 Å². The molecule has 0 aliphatic rings. The van der Waals surface area contributed by atoms with Crippen molar-refractivity contribution in [2.75, 3.05) is 0 Å². The molecule has 5 nitrogen and oxygen atoms in total. The molecule has 0 spiro atoms. The van der Waals surface area contributed by atoms with Crippen LogP contribution in [-0.2, 0) is 4.79 Å². The van der Waals surface area contributed by atoms with E-state index < -0.39 is 12.1 Å². The third-order valence-corrected chi connectivity index (χ3v) is 2.62. The Balaban J connectivity index is 2.85. The SMILES string of the molecule is Cc1c(OC(C)C(=O)NC(C)C)cccc1C(=O)O. The van der Waals surface area contributed by atoms with Crippen LogP contribution in [0.15, 0.2) is 18.2 Å². The lowest BCUT2D eigenvalue weighted by atomic mass is 10.1. The topological polar surface area (TPSA) is 75.6 Å². The molecule has 0 aromatic heterocycles. The van der Waals surface area contributed by atoms with Crippen LogP contribution in [0.4, 0.5) is 0 Å². The third kappa shape index (κ3) is 3.98. The van der Waals surface area contributed by atoms with Crippen molar-refractivity contribution < 1.29 is 19.4 Å². The predicted molar refractivity (Wildman–Crippen MR) is 71.5 cm³/mol. The number of nitrogens with one attached hydrogen (secondary N) is 1. The highest BCUT2D eigenvalue weighted by atomic mass is 16.5. The van der Waals surface area contributed by atoms with Gasteiger partial charge in [-0.15, -0.1) is 0 Å². The molecule has 0 saturated heterocycles. The number of rotatable bonds is 5. The summed E-state index contributed by atoms with van der Waals surface area (Å²) in [5, 5.41) is 11.8. The molecule has 1 amide bonds. The highest BCUT2D eigenvalue weighted by molar-refractivity contribution is 5.90. The van der Waals surface area contributed by atoms with Gasteiger partial charge in [0.1, 0.15) is 5.75 Å². The molecule has 0 aliphatic carbocycles. The van der Waals surface area contributed by atoms with E-state index in [9.17, 15) is 9.59 Å². The first-order valence-electron chi connectivity index (χ1n) is 6.13. The van der Waals surface area contributed by atoms with Gasteiger partial charge in [0.05, 0.1) is 5.56 Å². The molecule has 0 aliphatic heterocycles. The molecule has 0 saturated carbocycles. The average molecular weight is 265 g/mol. The van der Waals surface area contributed by atoms with E-state index in [2.05, 4.69) is 5.32 Å². The standard InChI is InChI=1S/C14H19NO4/c1-8(2)15-13(16)10(4)19-12-7-5-6-11(9(12)3)14(17)18/h5-8,10H,1-4H3,(H,15,16)(H,17,18). The van der Waals surface area contributed by atoms with Crippen molar-refractivity contribution in [3.8, 4) is 5.75 Å². The minimum atomic E-state index is -1.01. The van der Waals surface area contributed by atoms with Gasteiger partial charge in [-0.05, 0) is 39.8 Å². The van der Waals surface area contributed by atoms with Crippen LogP contribution >= 0.6 is 0 Å². The maximum atomic E-state index is 11.7. The number of aromatic carboxylic acids is 1. The van der Waals surface area contributed by atoms with Crippen molar-refractivity contribution in [1.29, 1.82) is 0 Å². The van der Waals surface area contributed by atoms with E-state index in [-0.39, 0.29) is 17.5 Å². The van der Waals surface area contributed by atoms with E-state index in [1.807, 2.05) is 13.8 Å². The lowest BCUT2D eigenvalue weighted by molar-refractivity contribution is -0.127. The number of benzene rings is 1. The summed E-state index contributed by atoms with van der Waals surface area (Å²) in [5.41, 5.74) is 0.688. The highest BCUT2D eigenvalue weighted by Crippen LogP contribution is 2.22. The van der Waals surface area contributed by atoms with Gasteiger partial charge in [-0.2, -0.15) is 0 Å². The maximum Gasteiger partial charge on any atom is 0.336 e. The zero-order chi connectivity index (χ0) is 14.6. The summed E-state index contributed by atoms with van der Waals surface area (Å²) in [5.74, 6) is -0.830. The fourth-order valence-electron chi connectivity index (χ4n) is 1.62. The Bertz CT molecular complexity index is 482. The van der Waals surface area contributed by atoms with Crippen molar-refractivity contribution in [2.24, 2.45) is 0 Å². The van der Waals surface area contributed by atoms with Gasteiger partial charge in [0.25, 0.3) is 5.91 Å². The number of carbonyl (C=O) groups excluding carboxylic acids is 1. The Morgan fingerprint density at radius 2 is 1.89 bits per heavy atom. The van der Waals surface area contributed by atoms with Crippen LogP contribution in [0.2, 0.25) is 0 Å². The number of carbonyl (C=O) groups is 2. The molecule has 1 rings (SSSR count). The van der Waals surface area contributed by atoms with Crippen molar-refractivity contribution >= 4 is 11.9 Å². The fraction of sp³-hybridized carbons (Fsp3) is 0.429. The van der Waals surface area contributed by atoms with E-state index in [0.717, 1.165) is 0 Å². The van der Waals surface area contributed by atoms with Crippen LogP contribution in [0.25, 0.3) is 0 Å². The molecule has 104 valence electrons. The first-order valence-corrected chi connectivity index (χ1v) is 6.13. The monoisotopic (exact) mass is 265 g/mol. The number of hydrogen-bond acceptors (Lipinski definition) is 3. The Kier molecular flexibility index (Phi) is 4.92. The molecule has 1 atom stereocenters. The summed E-state index contributed by atoms with van der Waals surface area (Å²) in [7, 11) is 0. The summed E-state index contributed by atoms with van der Waals surface area (Å²) in [6, 6.07) is 4.79. The molecular formula is C14H19NO4. The van der Waals surface area contributed by atoms with E-state index in [1.165, 1.54) is 6.07 Å². The normalized spacial score (nSPS) is 12.1. The van der Waals surface area contributed by atoms with E-state index in [0.29, 0.717) is 11.3 Å². The van der Waals surface area contributed by atoms with Crippen LogP contribution in [0.1, 0.15) is 36.7 Å². The van der Waals surface area contributed by atoms with Crippen molar-refractivity contribution in [3.63, 3.8) is 0 Å². The minimum absolute atomic E-state index is 0.0324. The maximum absolute atomic E-state index is 11.7. The van der Waals surface area contributed by atoms with Crippen molar-refractivity contribution in [2.45, 2.75) is 39.8 Å². The zero-order valence-corrected chi connectivity index (χ0v) is 11.6. The molecular weight excluding hydrogens is 246 g/mol. The molecule has 0 fully saturated rings. The van der Waals surface area contributed by atoms with Gasteiger partial charge in [0.2, 0.25) is 0 Å². The van der Waals surface area contributed by atoms with E-state index in [4.69, 9.17) is 9.84 Å². The van der Waals surface area contributed by atoms with Gasteiger partial charge in [0.15, 0.2) is 6.10 Å². The van der Waals surface area contributed by atoms with Gasteiger partial charge < -0.3 is 15.2 Å². The molecule has 0 radical (unpaired) electrons. The summed E-state index contributed by atoms with van der Waals surface area (Å²) in [6.45, 7) is 7.01. The quantitative estimate of drug-likeness (QED) is 0.853. The van der Waals surface area contributed by atoms with E-state index in [1.54, 1.807) is 26.0 Å². The largest absolute Gasteiger partial charge is 0.481 e. The van der Waals surface area contributed by atoms with Gasteiger partial charge in [-0.25, -0.2) is 4.79 Å². The van der Waals surface area contributed by atoms with Crippen LogP contribution in [0.3, 0.4) is 0 Å². The third-order valence-electron chi connectivity index (χ3n) is 2.62. The Labute approximate surface area is 112 Å². The van der Waals surface area contributed by atoms with E-state index >= 15 is 0 Å². The molecule has 2 N–H and O–H groups in total. The second-order valence-corrected chi connectivity index (χ2v) is 4.66. The smallest absolute Gasteiger partial charge is 0.336 e. The van der Waals surface area contributed by atoms with Gasteiger partial charge >= 0.3 is 5.97 Å². The fourth-order valence-corrected chi connectivity index (χ4v) is 1.62. The van der Waals surface area contributed by atoms with Crippen molar-refractivity contribution in [3.05, 3.63) is 29.3 Å². The number of hydrogen-bond donors (Lipinski definition) is 2. The molecule has 1 aromatic rings. The lowest BCUT2D eigenvalue weighted by Gasteiger charge is -2.18. The Morgan fingerprint density at radius 1 is 1.26 bits per heavy atom. The second-order valence-electron chi connectivity index (χ2n) is 4.66. The summed E-state index contributed by atoms with van der Waals surface area (Å²) in [6.07, 6.45) is -0.676. The lowest BCUT2D eigenvalue weighted by Crippen LogP contribution is -2.40. The predicted octanol–water partition coefficient (Wildman–Crippen LogP) is 1.99. The number of carboxylic acids is 1. The van der Waals surface area contributed by atoms with Crippen LogP contribution in [0.5, 0.6) is 5.75 Å². The Hall–Kier alpha value is -2.04. The van der Waals surface area contributed by atoms with Crippen LogP contribution in [0, 0.1) is 6.92 Å². The first kappa shape index (κ1) is 15.0. The van der Waals surface area contributed by atoms with Crippen LogP contribution < -0.4 is 10.1 Å². The van der Waals surface area contributed by atoms with Gasteiger partial charge in [-0.3, -0.25) is 4.79 Å². The van der Waals surface area contributed by atoms with Gasteiger partial charge in [-0.1, -0.05) is 6.07 Å². The molecule has 0 bridgehead atoms. The number of carboxylic acid groups (broad SMARTS) is 1. The van der Waals surface area contributed by atoms with Gasteiger partial charge in [0, 0.05) is 11.6 Å². The Morgan fingerprint density at radius 3 is 2.42 bits per heavy atom. The van der Waals surface area contributed by atoms with Crippen molar-refractivity contribution in [1.82, 2.24) is 5.32 Å². The highest BCUT2D eigenvalue weighted by Gasteiger charge is 2.18. The summed E-state index contributed by atoms with van der Waals surface area (Å²) >= 11 is 0. The molecule has 5 heteroatoms. The minimum Gasteiger partial charge on any atom is -0.481 e. The average Bonchev–Trinajstić information content (AvgIpc) is 2.30.